The molecule has 2 rings (SSSR count). The Bertz CT molecular complexity index is 458. The predicted octanol–water partition coefficient (Wildman–Crippen LogP) is 1.05. The number of fused-ring (bicyclic) bond motifs is 1. The number of aromatic amines is 1. The Balaban J connectivity index is 1.97. The van der Waals surface area contributed by atoms with Crippen LogP contribution in [0.1, 0.15) is 23.6 Å². The number of amidine groups is 1. The fourth-order valence-corrected chi connectivity index (χ4v) is 2.13. The molecular weight excluding hydrogens is 226 g/mol. The summed E-state index contributed by atoms with van der Waals surface area (Å²) in [6, 6.07) is 0. The summed E-state index contributed by atoms with van der Waals surface area (Å²) in [5.41, 5.74) is 2.36. The van der Waals surface area contributed by atoms with E-state index in [9.17, 15) is 0 Å². The Morgan fingerprint density at radius 1 is 1.61 bits per heavy atom. The summed E-state index contributed by atoms with van der Waals surface area (Å²) in [7, 11) is 5.77. The third-order valence-corrected chi connectivity index (χ3v) is 3.09. The largest absolute Gasteiger partial charge is 0.376 e. The first-order chi connectivity index (χ1) is 8.72. The second-order valence-corrected chi connectivity index (χ2v) is 4.58. The Labute approximate surface area is 108 Å². The zero-order valence-corrected chi connectivity index (χ0v) is 11.3. The van der Waals surface area contributed by atoms with E-state index in [0.29, 0.717) is 0 Å². The van der Waals surface area contributed by atoms with Gasteiger partial charge in [-0.1, -0.05) is 6.08 Å². The molecule has 0 spiro atoms. The maximum absolute atomic E-state index is 4.61. The van der Waals surface area contributed by atoms with E-state index in [4.69, 9.17) is 0 Å². The van der Waals surface area contributed by atoms with Crippen LogP contribution in [0, 0.1) is 0 Å². The minimum absolute atomic E-state index is 0.800. The highest BCUT2D eigenvalue weighted by atomic mass is 15.2. The molecule has 1 aliphatic carbocycles. The molecule has 0 bridgehead atoms. The van der Waals surface area contributed by atoms with Crippen LogP contribution in [-0.2, 0) is 13.0 Å². The second kappa shape index (κ2) is 5.82. The first kappa shape index (κ1) is 12.8. The van der Waals surface area contributed by atoms with Crippen molar-refractivity contribution in [2.75, 3.05) is 27.7 Å². The van der Waals surface area contributed by atoms with Gasteiger partial charge in [-0.2, -0.15) is 0 Å². The molecule has 0 aromatic carbocycles. The van der Waals surface area contributed by atoms with Gasteiger partial charge >= 0.3 is 0 Å². The third-order valence-electron chi connectivity index (χ3n) is 3.09. The lowest BCUT2D eigenvalue weighted by atomic mass is 10.1. The number of hydrogen-bond acceptors (Lipinski definition) is 3. The summed E-state index contributed by atoms with van der Waals surface area (Å²) in [5, 5.41) is 3.08. The topological polar surface area (TPSA) is 56.3 Å². The van der Waals surface area contributed by atoms with Gasteiger partial charge in [0.15, 0.2) is 0 Å². The van der Waals surface area contributed by atoms with Crippen molar-refractivity contribution in [3.05, 3.63) is 23.3 Å². The normalized spacial score (nSPS) is 15.0. The molecular formula is C13H21N5. The molecule has 2 N–H and O–H groups in total. The maximum Gasteiger partial charge on any atom is 0.121 e. The summed E-state index contributed by atoms with van der Waals surface area (Å²) in [5.74, 6) is 2.01. The quantitative estimate of drug-likeness (QED) is 0.617. The second-order valence-electron chi connectivity index (χ2n) is 4.58. The van der Waals surface area contributed by atoms with Crippen LogP contribution in [0.15, 0.2) is 11.1 Å². The minimum Gasteiger partial charge on any atom is -0.376 e. The molecule has 0 saturated carbocycles. The van der Waals surface area contributed by atoms with E-state index in [1.165, 1.54) is 5.69 Å². The average Bonchev–Trinajstić information content (AvgIpc) is 2.77. The van der Waals surface area contributed by atoms with Crippen molar-refractivity contribution in [1.29, 1.82) is 0 Å². The van der Waals surface area contributed by atoms with Gasteiger partial charge in [0.25, 0.3) is 0 Å². The molecule has 0 unspecified atom stereocenters. The number of H-pyrrole nitrogens is 1. The number of nitrogens with zero attached hydrogens (tertiary/aromatic N) is 3. The molecule has 98 valence electrons. The molecule has 0 atom stereocenters. The van der Waals surface area contributed by atoms with Gasteiger partial charge in [-0.25, -0.2) is 4.98 Å². The zero-order chi connectivity index (χ0) is 13.0. The van der Waals surface area contributed by atoms with Gasteiger partial charge in [0.2, 0.25) is 0 Å². The van der Waals surface area contributed by atoms with Crippen molar-refractivity contribution >= 4 is 11.9 Å². The van der Waals surface area contributed by atoms with Crippen molar-refractivity contribution < 1.29 is 0 Å². The summed E-state index contributed by atoms with van der Waals surface area (Å²) in [6.07, 6.45) is 6.46. The summed E-state index contributed by atoms with van der Waals surface area (Å²) < 4.78 is 0. The lowest BCUT2D eigenvalue weighted by Crippen LogP contribution is -2.33. The number of aromatic nitrogens is 2. The molecule has 0 saturated heterocycles. The van der Waals surface area contributed by atoms with Gasteiger partial charge in [-0.3, -0.25) is 9.89 Å². The molecule has 1 heterocycles. The van der Waals surface area contributed by atoms with E-state index < -0.39 is 0 Å². The summed E-state index contributed by atoms with van der Waals surface area (Å²) in [4.78, 5) is 14.4. The number of rotatable bonds is 4. The van der Waals surface area contributed by atoms with E-state index >= 15 is 0 Å². The number of nitrogens with one attached hydrogen (secondary N) is 2. The predicted molar refractivity (Wildman–Crippen MR) is 74.7 cm³/mol. The Hall–Kier alpha value is -1.62. The summed E-state index contributed by atoms with van der Waals surface area (Å²) in [6.45, 7) is 1.61. The number of likely N-dealkylation sites (N-methyl/N-ethyl adjacent to an activating group) is 2. The van der Waals surface area contributed by atoms with Crippen LogP contribution in [0.2, 0.25) is 0 Å². The fourth-order valence-electron chi connectivity index (χ4n) is 2.13. The molecule has 0 amide bonds. The number of aliphatic imine (C=N–C) groups is 1. The highest BCUT2D eigenvalue weighted by molar-refractivity contribution is 5.83. The smallest absolute Gasteiger partial charge is 0.121 e. The van der Waals surface area contributed by atoms with E-state index in [2.05, 4.69) is 44.4 Å². The Kier molecular flexibility index (Phi) is 4.15. The van der Waals surface area contributed by atoms with Crippen molar-refractivity contribution in [3.8, 4) is 0 Å². The molecule has 0 fully saturated rings. The van der Waals surface area contributed by atoms with E-state index in [1.807, 2.05) is 7.05 Å². The van der Waals surface area contributed by atoms with Crippen LogP contribution < -0.4 is 5.32 Å². The monoisotopic (exact) mass is 247 g/mol. The molecule has 5 heteroatoms. The van der Waals surface area contributed by atoms with Gasteiger partial charge < -0.3 is 10.3 Å². The molecule has 5 nitrogen and oxygen atoms in total. The lowest BCUT2D eigenvalue weighted by Gasteiger charge is -2.16. The molecule has 1 aromatic heterocycles. The molecule has 0 radical (unpaired) electrons. The van der Waals surface area contributed by atoms with Crippen LogP contribution in [-0.4, -0.2) is 48.4 Å². The van der Waals surface area contributed by atoms with Gasteiger partial charge in [0, 0.05) is 19.8 Å². The SMILES string of the molecule is CN=C(CN(C)Cc1nc2c([nH]1)CCC=C2)NC. The Morgan fingerprint density at radius 3 is 3.11 bits per heavy atom. The van der Waals surface area contributed by atoms with Gasteiger partial charge in [-0.05, 0) is 26.0 Å². The first-order valence-electron chi connectivity index (χ1n) is 6.29. The number of imidazole rings is 1. The highest BCUT2D eigenvalue weighted by Gasteiger charge is 2.12. The maximum atomic E-state index is 4.61. The number of hydrogen-bond donors (Lipinski definition) is 2. The number of allylic oxidation sites excluding steroid dienone is 1. The standard InChI is InChI=1S/C13H21N5/c1-14-12(15-2)8-18(3)9-13-16-10-6-4-5-7-11(10)17-13/h4,6H,5,7-9H2,1-3H3,(H,14,15)(H,16,17). The van der Waals surface area contributed by atoms with Crippen LogP contribution >= 0.6 is 0 Å². The highest BCUT2D eigenvalue weighted by Crippen LogP contribution is 2.16. The lowest BCUT2D eigenvalue weighted by molar-refractivity contribution is 0.361. The zero-order valence-electron chi connectivity index (χ0n) is 11.3. The van der Waals surface area contributed by atoms with Crippen LogP contribution in [0.4, 0.5) is 0 Å². The van der Waals surface area contributed by atoms with Crippen molar-refractivity contribution in [3.63, 3.8) is 0 Å². The molecule has 18 heavy (non-hydrogen) atoms. The van der Waals surface area contributed by atoms with Crippen LogP contribution in [0.25, 0.3) is 6.08 Å². The van der Waals surface area contributed by atoms with Gasteiger partial charge in [0.05, 0.1) is 18.8 Å². The van der Waals surface area contributed by atoms with Gasteiger partial charge in [0.1, 0.15) is 11.7 Å². The molecule has 1 aliphatic rings. The average molecular weight is 247 g/mol. The van der Waals surface area contributed by atoms with Crippen LogP contribution in [0.3, 0.4) is 0 Å². The summed E-state index contributed by atoms with van der Waals surface area (Å²) >= 11 is 0. The third kappa shape index (κ3) is 2.98. The first-order valence-corrected chi connectivity index (χ1v) is 6.29. The molecule has 1 aromatic rings. The Morgan fingerprint density at radius 2 is 2.44 bits per heavy atom. The molecule has 0 aliphatic heterocycles. The van der Waals surface area contributed by atoms with Crippen molar-refractivity contribution in [1.82, 2.24) is 20.2 Å². The van der Waals surface area contributed by atoms with Gasteiger partial charge in [-0.15, -0.1) is 0 Å². The van der Waals surface area contributed by atoms with E-state index in [-0.39, 0.29) is 0 Å². The van der Waals surface area contributed by atoms with Crippen LogP contribution in [0.5, 0.6) is 0 Å². The fraction of sp³-hybridized carbons (Fsp3) is 0.538. The van der Waals surface area contributed by atoms with E-state index in [1.54, 1.807) is 7.05 Å². The van der Waals surface area contributed by atoms with E-state index in [0.717, 1.165) is 43.3 Å². The minimum atomic E-state index is 0.800. The van der Waals surface area contributed by atoms with Crippen molar-refractivity contribution in [2.24, 2.45) is 4.99 Å². The van der Waals surface area contributed by atoms with Crippen molar-refractivity contribution in [2.45, 2.75) is 19.4 Å². The number of aryl methyl sites for hydroxylation is 1.